The van der Waals surface area contributed by atoms with Gasteiger partial charge in [0.05, 0.1) is 11.8 Å². The van der Waals surface area contributed by atoms with Crippen LogP contribution in [-0.2, 0) is 6.54 Å². The summed E-state index contributed by atoms with van der Waals surface area (Å²) >= 11 is 1.37. The summed E-state index contributed by atoms with van der Waals surface area (Å²) in [6.45, 7) is 3.50. The van der Waals surface area contributed by atoms with Crippen molar-refractivity contribution in [2.45, 2.75) is 26.0 Å². The summed E-state index contributed by atoms with van der Waals surface area (Å²) in [7, 11) is 2.02. The SMILES string of the molecule is CC(O)CCN(C)Cc1csnn1. The minimum atomic E-state index is -0.226. The van der Waals surface area contributed by atoms with Gasteiger partial charge in [0.2, 0.25) is 0 Å². The van der Waals surface area contributed by atoms with Gasteiger partial charge in [-0.3, -0.25) is 0 Å². The van der Waals surface area contributed by atoms with Crippen molar-refractivity contribution in [3.05, 3.63) is 11.1 Å². The van der Waals surface area contributed by atoms with E-state index in [2.05, 4.69) is 14.5 Å². The van der Waals surface area contributed by atoms with Crippen molar-refractivity contribution in [3.63, 3.8) is 0 Å². The van der Waals surface area contributed by atoms with E-state index in [0.717, 1.165) is 25.2 Å². The zero-order chi connectivity index (χ0) is 9.68. The van der Waals surface area contributed by atoms with Crippen LogP contribution in [0.2, 0.25) is 0 Å². The largest absolute Gasteiger partial charge is 0.393 e. The predicted molar refractivity (Wildman–Crippen MR) is 52.5 cm³/mol. The van der Waals surface area contributed by atoms with E-state index in [9.17, 15) is 0 Å². The fraction of sp³-hybridized carbons (Fsp3) is 0.750. The molecule has 1 aromatic heterocycles. The van der Waals surface area contributed by atoms with Gasteiger partial charge in [-0.15, -0.1) is 5.10 Å². The van der Waals surface area contributed by atoms with E-state index < -0.39 is 0 Å². The fourth-order valence-electron chi connectivity index (χ4n) is 1.02. The Hall–Kier alpha value is -0.520. The van der Waals surface area contributed by atoms with Gasteiger partial charge in [0.1, 0.15) is 0 Å². The van der Waals surface area contributed by atoms with Crippen molar-refractivity contribution in [3.8, 4) is 0 Å². The number of hydrogen-bond donors (Lipinski definition) is 1. The first-order valence-corrected chi connectivity index (χ1v) is 5.14. The van der Waals surface area contributed by atoms with Crippen LogP contribution in [0.1, 0.15) is 19.0 Å². The standard InChI is InChI=1S/C8H15N3OS/c1-7(12)3-4-11(2)5-8-6-13-10-9-8/h6-7,12H,3-5H2,1-2H3. The number of aliphatic hydroxyl groups excluding tert-OH is 1. The molecule has 74 valence electrons. The summed E-state index contributed by atoms with van der Waals surface area (Å²) in [6, 6.07) is 0. The van der Waals surface area contributed by atoms with Crippen LogP contribution in [0.3, 0.4) is 0 Å². The van der Waals surface area contributed by atoms with E-state index in [1.54, 1.807) is 6.92 Å². The summed E-state index contributed by atoms with van der Waals surface area (Å²) in [5.41, 5.74) is 0.998. The van der Waals surface area contributed by atoms with E-state index in [4.69, 9.17) is 5.11 Å². The van der Waals surface area contributed by atoms with Crippen LogP contribution in [0.4, 0.5) is 0 Å². The molecule has 1 rings (SSSR count). The maximum absolute atomic E-state index is 9.07. The first kappa shape index (κ1) is 10.6. The predicted octanol–water partition coefficient (Wildman–Crippen LogP) is 0.741. The van der Waals surface area contributed by atoms with Gasteiger partial charge >= 0.3 is 0 Å². The molecule has 0 fully saturated rings. The second-order valence-electron chi connectivity index (χ2n) is 3.27. The topological polar surface area (TPSA) is 49.2 Å². The summed E-state index contributed by atoms with van der Waals surface area (Å²) < 4.78 is 3.79. The maximum Gasteiger partial charge on any atom is 0.0895 e. The van der Waals surface area contributed by atoms with Crippen molar-refractivity contribution < 1.29 is 5.11 Å². The van der Waals surface area contributed by atoms with Crippen molar-refractivity contribution in [1.82, 2.24) is 14.5 Å². The zero-order valence-corrected chi connectivity index (χ0v) is 8.79. The van der Waals surface area contributed by atoms with E-state index in [0.29, 0.717) is 0 Å². The lowest BCUT2D eigenvalue weighted by molar-refractivity contribution is 0.162. The Kier molecular flexibility index (Phi) is 4.27. The molecule has 0 spiro atoms. The molecule has 0 radical (unpaired) electrons. The van der Waals surface area contributed by atoms with Crippen LogP contribution in [0.5, 0.6) is 0 Å². The molecule has 0 aliphatic rings. The van der Waals surface area contributed by atoms with Crippen molar-refractivity contribution in [2.75, 3.05) is 13.6 Å². The van der Waals surface area contributed by atoms with Gasteiger partial charge in [0.25, 0.3) is 0 Å². The smallest absolute Gasteiger partial charge is 0.0895 e. The molecule has 0 aliphatic heterocycles. The van der Waals surface area contributed by atoms with Gasteiger partial charge < -0.3 is 10.0 Å². The van der Waals surface area contributed by atoms with Crippen molar-refractivity contribution in [1.29, 1.82) is 0 Å². The maximum atomic E-state index is 9.07. The lowest BCUT2D eigenvalue weighted by Gasteiger charge is -2.15. The molecule has 1 aromatic rings. The summed E-state index contributed by atoms with van der Waals surface area (Å²) in [5, 5.41) is 15.0. The average Bonchev–Trinajstić information content (AvgIpc) is 2.53. The average molecular weight is 201 g/mol. The van der Waals surface area contributed by atoms with Crippen molar-refractivity contribution in [2.24, 2.45) is 0 Å². The zero-order valence-electron chi connectivity index (χ0n) is 7.97. The number of aliphatic hydroxyl groups is 1. The van der Waals surface area contributed by atoms with E-state index in [1.165, 1.54) is 11.5 Å². The van der Waals surface area contributed by atoms with Gasteiger partial charge in [0, 0.05) is 18.5 Å². The molecule has 4 nitrogen and oxygen atoms in total. The molecule has 0 saturated carbocycles. The number of hydrogen-bond acceptors (Lipinski definition) is 5. The van der Waals surface area contributed by atoms with Crippen LogP contribution in [0.25, 0.3) is 0 Å². The molecule has 1 atom stereocenters. The summed E-state index contributed by atoms with van der Waals surface area (Å²) in [6.07, 6.45) is 0.574. The number of nitrogens with zero attached hydrogens (tertiary/aromatic N) is 3. The molecule has 0 bridgehead atoms. The van der Waals surface area contributed by atoms with Gasteiger partial charge in [-0.1, -0.05) is 4.49 Å². The first-order valence-electron chi connectivity index (χ1n) is 4.31. The molecule has 0 aliphatic carbocycles. The third kappa shape index (κ3) is 4.31. The first-order chi connectivity index (χ1) is 6.18. The summed E-state index contributed by atoms with van der Waals surface area (Å²) in [4.78, 5) is 2.13. The molecule has 1 N–H and O–H groups in total. The molecule has 5 heteroatoms. The third-order valence-electron chi connectivity index (χ3n) is 1.77. The van der Waals surface area contributed by atoms with Crippen LogP contribution >= 0.6 is 11.5 Å². The van der Waals surface area contributed by atoms with Gasteiger partial charge in [-0.2, -0.15) is 0 Å². The Morgan fingerprint density at radius 3 is 3.00 bits per heavy atom. The van der Waals surface area contributed by atoms with Crippen molar-refractivity contribution >= 4 is 11.5 Å². The monoisotopic (exact) mass is 201 g/mol. The number of rotatable bonds is 5. The van der Waals surface area contributed by atoms with E-state index in [1.807, 2.05) is 12.4 Å². The fourth-order valence-corrected chi connectivity index (χ4v) is 1.46. The molecule has 0 aromatic carbocycles. The molecule has 13 heavy (non-hydrogen) atoms. The van der Waals surface area contributed by atoms with Gasteiger partial charge in [-0.25, -0.2) is 0 Å². The van der Waals surface area contributed by atoms with Gasteiger partial charge in [-0.05, 0) is 31.9 Å². The lowest BCUT2D eigenvalue weighted by Crippen LogP contribution is -2.22. The molecule has 0 amide bonds. The quantitative estimate of drug-likeness (QED) is 0.763. The highest BCUT2D eigenvalue weighted by atomic mass is 32.1. The van der Waals surface area contributed by atoms with E-state index in [-0.39, 0.29) is 6.10 Å². The molecule has 1 unspecified atom stereocenters. The van der Waals surface area contributed by atoms with E-state index >= 15 is 0 Å². The van der Waals surface area contributed by atoms with Crippen LogP contribution < -0.4 is 0 Å². The molecular weight excluding hydrogens is 186 g/mol. The third-order valence-corrected chi connectivity index (χ3v) is 2.32. The highest BCUT2D eigenvalue weighted by Crippen LogP contribution is 2.02. The highest BCUT2D eigenvalue weighted by molar-refractivity contribution is 7.03. The Morgan fingerprint density at radius 2 is 2.46 bits per heavy atom. The molecule has 0 saturated heterocycles. The second-order valence-corrected chi connectivity index (χ2v) is 3.88. The minimum absolute atomic E-state index is 0.226. The molecule has 1 heterocycles. The Balaban J connectivity index is 2.22. The minimum Gasteiger partial charge on any atom is -0.393 e. The second kappa shape index (κ2) is 5.26. The Morgan fingerprint density at radius 1 is 1.69 bits per heavy atom. The van der Waals surface area contributed by atoms with Crippen LogP contribution in [0, 0.1) is 0 Å². The Bertz CT molecular complexity index is 225. The lowest BCUT2D eigenvalue weighted by atomic mass is 10.3. The Labute approximate surface area is 82.4 Å². The van der Waals surface area contributed by atoms with Crippen LogP contribution in [-0.4, -0.2) is 39.3 Å². The normalized spacial score (nSPS) is 13.5. The summed E-state index contributed by atoms with van der Waals surface area (Å²) in [5.74, 6) is 0. The van der Waals surface area contributed by atoms with Crippen LogP contribution in [0.15, 0.2) is 5.38 Å². The highest BCUT2D eigenvalue weighted by Gasteiger charge is 2.03. The number of aromatic nitrogens is 2. The molecular formula is C8H15N3OS. The van der Waals surface area contributed by atoms with Gasteiger partial charge in [0.15, 0.2) is 0 Å².